The number of nitrogens with zero attached hydrogens (tertiary/aromatic N) is 4. The molecule has 0 atom stereocenters. The molecule has 0 unspecified atom stereocenters. The highest BCUT2D eigenvalue weighted by molar-refractivity contribution is 5.76. The third kappa shape index (κ3) is 3.21. The van der Waals surface area contributed by atoms with Gasteiger partial charge in [0, 0.05) is 45.2 Å². The molecule has 1 aromatic rings. The van der Waals surface area contributed by atoms with Gasteiger partial charge in [0.1, 0.15) is 0 Å². The minimum absolute atomic E-state index is 0.0778. The fraction of sp³-hybridized carbons (Fsp3) is 0.500. The van der Waals surface area contributed by atoms with E-state index < -0.39 is 4.92 Å². The normalized spacial score (nSPS) is 15.2. The number of carbonyl (C=O) groups excluding carboxylic acids is 1. The SMILES string of the molecule is NCCC(=O)N1CCN(c2ccc([N+](=O)[O-])nc2)CC1. The first-order chi connectivity index (χ1) is 9.61. The lowest BCUT2D eigenvalue weighted by Crippen LogP contribution is -2.49. The number of hydrogen-bond acceptors (Lipinski definition) is 6. The van der Waals surface area contributed by atoms with Gasteiger partial charge in [0.2, 0.25) is 5.91 Å². The van der Waals surface area contributed by atoms with Crippen LogP contribution >= 0.6 is 0 Å². The first-order valence-electron chi connectivity index (χ1n) is 6.45. The van der Waals surface area contributed by atoms with Crippen molar-refractivity contribution >= 4 is 17.4 Å². The third-order valence-electron chi connectivity index (χ3n) is 3.28. The van der Waals surface area contributed by atoms with Gasteiger partial charge in [-0.2, -0.15) is 0 Å². The quantitative estimate of drug-likeness (QED) is 0.613. The highest BCUT2D eigenvalue weighted by atomic mass is 16.6. The predicted octanol–water partition coefficient (Wildman–Crippen LogP) is -0.0128. The monoisotopic (exact) mass is 279 g/mol. The molecule has 1 amide bonds. The first-order valence-corrected chi connectivity index (χ1v) is 6.45. The second kappa shape index (κ2) is 6.29. The number of hydrogen-bond donors (Lipinski definition) is 1. The van der Waals surface area contributed by atoms with E-state index in [0.717, 1.165) is 5.69 Å². The molecular formula is C12H17N5O3. The zero-order chi connectivity index (χ0) is 14.5. The maximum absolute atomic E-state index is 11.7. The molecule has 1 saturated heterocycles. The van der Waals surface area contributed by atoms with Crippen LogP contribution in [0.3, 0.4) is 0 Å². The number of amides is 1. The molecular weight excluding hydrogens is 262 g/mol. The Labute approximate surface area is 116 Å². The van der Waals surface area contributed by atoms with E-state index in [1.807, 2.05) is 0 Å². The minimum atomic E-state index is -0.521. The molecule has 108 valence electrons. The molecule has 0 saturated carbocycles. The Morgan fingerprint density at radius 3 is 2.55 bits per heavy atom. The molecule has 0 aromatic carbocycles. The average molecular weight is 279 g/mol. The zero-order valence-electron chi connectivity index (χ0n) is 11.1. The van der Waals surface area contributed by atoms with Gasteiger partial charge in [-0.05, 0) is 16.0 Å². The standard InChI is InChI=1S/C12H17N5O3/c13-4-3-12(18)16-7-5-15(6-8-16)10-1-2-11(14-9-10)17(19)20/h1-2,9H,3-8,13H2. The number of nitro groups is 1. The van der Waals surface area contributed by atoms with Crippen molar-refractivity contribution in [2.45, 2.75) is 6.42 Å². The van der Waals surface area contributed by atoms with Gasteiger partial charge in [-0.1, -0.05) is 0 Å². The van der Waals surface area contributed by atoms with Crippen molar-refractivity contribution in [3.8, 4) is 0 Å². The molecule has 1 fully saturated rings. The summed E-state index contributed by atoms with van der Waals surface area (Å²) in [6.45, 7) is 3.02. The van der Waals surface area contributed by atoms with Crippen molar-refractivity contribution in [2.75, 3.05) is 37.6 Å². The lowest BCUT2D eigenvalue weighted by atomic mass is 10.2. The number of carbonyl (C=O) groups is 1. The van der Waals surface area contributed by atoms with Crippen molar-refractivity contribution in [1.82, 2.24) is 9.88 Å². The summed E-state index contributed by atoms with van der Waals surface area (Å²) in [6.07, 6.45) is 1.87. The highest BCUT2D eigenvalue weighted by Gasteiger charge is 2.21. The van der Waals surface area contributed by atoms with Crippen LogP contribution in [0.1, 0.15) is 6.42 Å². The van der Waals surface area contributed by atoms with E-state index in [2.05, 4.69) is 9.88 Å². The lowest BCUT2D eigenvalue weighted by Gasteiger charge is -2.35. The van der Waals surface area contributed by atoms with Crippen molar-refractivity contribution in [2.24, 2.45) is 5.73 Å². The Morgan fingerprint density at radius 1 is 1.35 bits per heavy atom. The summed E-state index contributed by atoms with van der Waals surface area (Å²) in [5.41, 5.74) is 6.21. The van der Waals surface area contributed by atoms with E-state index in [4.69, 9.17) is 5.73 Å². The summed E-state index contributed by atoms with van der Waals surface area (Å²) in [6, 6.07) is 3.07. The van der Waals surface area contributed by atoms with E-state index >= 15 is 0 Å². The molecule has 8 heteroatoms. The molecule has 0 bridgehead atoms. The van der Waals surface area contributed by atoms with Crippen LogP contribution in [0.25, 0.3) is 0 Å². The van der Waals surface area contributed by atoms with Crippen molar-refractivity contribution < 1.29 is 9.72 Å². The van der Waals surface area contributed by atoms with Crippen LogP contribution in [-0.2, 0) is 4.79 Å². The number of piperazine rings is 1. The summed E-state index contributed by atoms with van der Waals surface area (Å²) < 4.78 is 0. The molecule has 1 aliphatic heterocycles. The Hall–Kier alpha value is -2.22. The number of anilines is 1. The summed E-state index contributed by atoms with van der Waals surface area (Å²) in [7, 11) is 0. The van der Waals surface area contributed by atoms with Crippen LogP contribution in [0.2, 0.25) is 0 Å². The minimum Gasteiger partial charge on any atom is -0.365 e. The summed E-state index contributed by atoms with van der Waals surface area (Å²) in [5.74, 6) is -0.0838. The predicted molar refractivity (Wildman–Crippen MR) is 73.4 cm³/mol. The Bertz CT molecular complexity index is 482. The molecule has 2 heterocycles. The topological polar surface area (TPSA) is 106 Å². The molecule has 1 aromatic heterocycles. The fourth-order valence-corrected chi connectivity index (χ4v) is 2.17. The molecule has 2 N–H and O–H groups in total. The Balaban J connectivity index is 1.93. The molecule has 8 nitrogen and oxygen atoms in total. The van der Waals surface area contributed by atoms with Crippen molar-refractivity contribution in [1.29, 1.82) is 0 Å². The van der Waals surface area contributed by atoms with Gasteiger partial charge in [0.15, 0.2) is 6.20 Å². The maximum Gasteiger partial charge on any atom is 0.363 e. The average Bonchev–Trinajstić information content (AvgIpc) is 2.48. The lowest BCUT2D eigenvalue weighted by molar-refractivity contribution is -0.389. The maximum atomic E-state index is 11.7. The summed E-state index contributed by atoms with van der Waals surface area (Å²) in [4.78, 5) is 29.4. The zero-order valence-corrected chi connectivity index (χ0v) is 11.1. The van der Waals surface area contributed by atoms with Crippen LogP contribution in [0.5, 0.6) is 0 Å². The van der Waals surface area contributed by atoms with Crippen LogP contribution in [0, 0.1) is 10.1 Å². The largest absolute Gasteiger partial charge is 0.365 e. The van der Waals surface area contributed by atoms with E-state index in [9.17, 15) is 14.9 Å². The van der Waals surface area contributed by atoms with Gasteiger partial charge in [-0.15, -0.1) is 0 Å². The molecule has 2 rings (SSSR count). The van der Waals surface area contributed by atoms with Gasteiger partial charge in [0.05, 0.1) is 5.69 Å². The second-order valence-electron chi connectivity index (χ2n) is 4.54. The van der Waals surface area contributed by atoms with Gasteiger partial charge >= 0.3 is 5.82 Å². The Morgan fingerprint density at radius 2 is 2.05 bits per heavy atom. The molecule has 20 heavy (non-hydrogen) atoms. The summed E-state index contributed by atoms with van der Waals surface area (Å²) in [5, 5.41) is 10.5. The highest BCUT2D eigenvalue weighted by Crippen LogP contribution is 2.18. The third-order valence-corrected chi connectivity index (χ3v) is 3.28. The fourth-order valence-electron chi connectivity index (χ4n) is 2.17. The van der Waals surface area contributed by atoms with Crippen LogP contribution in [0.15, 0.2) is 18.3 Å². The molecule has 0 aliphatic carbocycles. The van der Waals surface area contributed by atoms with E-state index in [0.29, 0.717) is 39.1 Å². The van der Waals surface area contributed by atoms with Crippen LogP contribution in [-0.4, -0.2) is 53.4 Å². The Kier molecular flexibility index (Phi) is 4.46. The van der Waals surface area contributed by atoms with Crippen LogP contribution < -0.4 is 10.6 Å². The van der Waals surface area contributed by atoms with E-state index in [1.54, 1.807) is 11.0 Å². The van der Waals surface area contributed by atoms with Gasteiger partial charge in [-0.25, -0.2) is 0 Å². The van der Waals surface area contributed by atoms with Gasteiger partial charge < -0.3 is 25.6 Å². The number of pyridine rings is 1. The molecule has 1 aliphatic rings. The first kappa shape index (κ1) is 14.2. The van der Waals surface area contributed by atoms with Crippen LogP contribution in [0.4, 0.5) is 11.5 Å². The van der Waals surface area contributed by atoms with E-state index in [-0.39, 0.29) is 11.7 Å². The van der Waals surface area contributed by atoms with Gasteiger partial charge in [0.25, 0.3) is 0 Å². The second-order valence-corrected chi connectivity index (χ2v) is 4.54. The summed E-state index contributed by atoms with van der Waals surface area (Å²) >= 11 is 0. The van der Waals surface area contributed by atoms with E-state index in [1.165, 1.54) is 12.3 Å². The molecule has 0 radical (unpaired) electrons. The molecule has 0 spiro atoms. The van der Waals surface area contributed by atoms with Gasteiger partial charge in [-0.3, -0.25) is 4.79 Å². The number of aromatic nitrogens is 1. The smallest absolute Gasteiger partial charge is 0.363 e. The number of nitrogens with two attached hydrogens (primary N) is 1. The van der Waals surface area contributed by atoms with Crippen molar-refractivity contribution in [3.05, 3.63) is 28.4 Å². The van der Waals surface area contributed by atoms with Crippen molar-refractivity contribution in [3.63, 3.8) is 0 Å². The number of rotatable bonds is 4.